The molecule has 21 heavy (non-hydrogen) atoms. The summed E-state index contributed by atoms with van der Waals surface area (Å²) in [5, 5.41) is 9.13. The minimum absolute atomic E-state index is 0.196. The number of hydrogen-bond donors (Lipinski definition) is 0. The van der Waals surface area contributed by atoms with Gasteiger partial charge in [0.05, 0.1) is 23.8 Å². The summed E-state index contributed by atoms with van der Waals surface area (Å²) in [6, 6.07) is 2.03. The van der Waals surface area contributed by atoms with Crippen molar-refractivity contribution in [2.24, 2.45) is 14.1 Å². The molecule has 0 aliphatic carbocycles. The molecule has 0 spiro atoms. The van der Waals surface area contributed by atoms with Crippen molar-refractivity contribution in [3.05, 3.63) is 32.6 Å². The number of thioether (sulfide) groups is 1. The first-order chi connectivity index (χ1) is 10.0. The lowest BCUT2D eigenvalue weighted by Crippen LogP contribution is -2.37. The Hall–Kier alpha value is -2.11. The second-order valence-corrected chi connectivity index (χ2v) is 5.38. The van der Waals surface area contributed by atoms with Crippen LogP contribution in [0.15, 0.2) is 20.7 Å². The number of fused-ring (bicyclic) bond motifs is 1. The van der Waals surface area contributed by atoms with E-state index in [-0.39, 0.29) is 12.4 Å². The molecule has 2 heterocycles. The number of aryl methyl sites for hydroxylation is 1. The second-order valence-electron chi connectivity index (χ2n) is 4.40. The van der Waals surface area contributed by atoms with Crippen LogP contribution in [-0.4, -0.2) is 27.0 Å². The number of nitrogens with zero attached hydrogens (tertiary/aromatic N) is 4. The summed E-state index contributed by atoms with van der Waals surface area (Å²) < 4.78 is 7.47. The highest BCUT2D eigenvalue weighted by Crippen LogP contribution is 2.28. The Morgan fingerprint density at radius 3 is 2.71 bits per heavy atom. The first kappa shape index (κ1) is 15.3. The zero-order chi connectivity index (χ0) is 15.6. The van der Waals surface area contributed by atoms with Gasteiger partial charge in [-0.05, 0) is 0 Å². The average molecular weight is 306 g/mol. The van der Waals surface area contributed by atoms with E-state index in [9.17, 15) is 9.59 Å². The van der Waals surface area contributed by atoms with E-state index < -0.39 is 11.2 Å². The molecule has 8 heteroatoms. The highest BCUT2D eigenvalue weighted by Gasteiger charge is 2.17. The van der Waals surface area contributed by atoms with Gasteiger partial charge >= 0.3 is 5.69 Å². The van der Waals surface area contributed by atoms with Crippen molar-refractivity contribution in [2.75, 3.05) is 12.9 Å². The van der Waals surface area contributed by atoms with E-state index in [0.29, 0.717) is 15.9 Å². The molecule has 110 valence electrons. The van der Waals surface area contributed by atoms with Crippen LogP contribution < -0.4 is 11.2 Å². The lowest BCUT2D eigenvalue weighted by molar-refractivity contribution is 0.183. The molecular weight excluding hydrogens is 292 g/mol. The van der Waals surface area contributed by atoms with E-state index in [1.165, 1.54) is 23.4 Å². The van der Waals surface area contributed by atoms with E-state index in [0.717, 1.165) is 10.1 Å². The minimum Gasteiger partial charge on any atom is -0.380 e. The molecule has 7 nitrogen and oxygen atoms in total. The molecule has 0 aliphatic heterocycles. The van der Waals surface area contributed by atoms with Gasteiger partial charge in [-0.3, -0.25) is 13.9 Å². The summed E-state index contributed by atoms with van der Waals surface area (Å²) in [5.41, 5.74) is 0.180. The number of methoxy groups -OCH3 is 1. The van der Waals surface area contributed by atoms with Crippen molar-refractivity contribution in [3.8, 4) is 6.07 Å². The van der Waals surface area contributed by atoms with Gasteiger partial charge in [-0.15, -0.1) is 11.8 Å². The predicted molar refractivity (Wildman–Crippen MR) is 79.3 cm³/mol. The first-order valence-corrected chi connectivity index (χ1v) is 7.07. The smallest absolute Gasteiger partial charge is 0.332 e. The summed E-state index contributed by atoms with van der Waals surface area (Å²) in [6.45, 7) is 0.280. The quantitative estimate of drug-likeness (QED) is 0.759. The molecule has 0 bridgehead atoms. The fraction of sp³-hybridized carbons (Fsp3) is 0.385. The molecule has 0 amide bonds. The summed E-state index contributed by atoms with van der Waals surface area (Å²) in [5.74, 6) is 0.196. The zero-order valence-electron chi connectivity index (χ0n) is 11.9. The molecule has 0 aliphatic rings. The van der Waals surface area contributed by atoms with Crippen molar-refractivity contribution in [1.82, 2.24) is 14.1 Å². The molecule has 0 radical (unpaired) electrons. The standard InChI is InChI=1S/C13H14N4O3S/c1-16-11-9(12(18)17(2)13(16)19)10(21-5-4-14)8(6-15-11)7-20-3/h6H,5,7H2,1-3H3. The van der Waals surface area contributed by atoms with Crippen molar-refractivity contribution < 1.29 is 4.74 Å². The third-order valence-electron chi connectivity index (χ3n) is 3.08. The molecule has 2 rings (SSSR count). The lowest BCUT2D eigenvalue weighted by Gasteiger charge is -2.12. The Morgan fingerprint density at radius 2 is 2.10 bits per heavy atom. The third kappa shape index (κ3) is 2.57. The third-order valence-corrected chi connectivity index (χ3v) is 4.10. The molecule has 0 saturated heterocycles. The van der Waals surface area contributed by atoms with Gasteiger partial charge < -0.3 is 4.74 Å². The summed E-state index contributed by atoms with van der Waals surface area (Å²) >= 11 is 1.24. The van der Waals surface area contributed by atoms with E-state index >= 15 is 0 Å². The SMILES string of the molecule is COCc1cnc2c(c1SCC#N)c(=O)n(C)c(=O)n2C. The number of nitriles is 1. The number of hydrogen-bond acceptors (Lipinski definition) is 6. The summed E-state index contributed by atoms with van der Waals surface area (Å²) in [4.78, 5) is 29.2. The second kappa shape index (κ2) is 6.11. The maximum Gasteiger partial charge on any atom is 0.332 e. The monoisotopic (exact) mass is 306 g/mol. The van der Waals surface area contributed by atoms with E-state index in [1.807, 2.05) is 6.07 Å². The average Bonchev–Trinajstić information content (AvgIpc) is 2.49. The summed E-state index contributed by atoms with van der Waals surface area (Å²) in [7, 11) is 4.53. The van der Waals surface area contributed by atoms with Crippen molar-refractivity contribution in [1.29, 1.82) is 5.26 Å². The maximum absolute atomic E-state index is 12.4. The van der Waals surface area contributed by atoms with Crippen LogP contribution >= 0.6 is 11.8 Å². The fourth-order valence-corrected chi connectivity index (χ4v) is 2.90. The van der Waals surface area contributed by atoms with Crippen LogP contribution in [0.2, 0.25) is 0 Å². The largest absolute Gasteiger partial charge is 0.380 e. The number of ether oxygens (including phenoxy) is 1. The molecule has 0 N–H and O–H groups in total. The number of aromatic nitrogens is 3. The normalized spacial score (nSPS) is 10.8. The lowest BCUT2D eigenvalue weighted by atomic mass is 10.2. The van der Waals surface area contributed by atoms with E-state index in [2.05, 4.69) is 4.98 Å². The van der Waals surface area contributed by atoms with Crippen LogP contribution in [0, 0.1) is 11.3 Å². The van der Waals surface area contributed by atoms with Crippen LogP contribution in [0.3, 0.4) is 0 Å². The van der Waals surface area contributed by atoms with Gasteiger partial charge in [0.1, 0.15) is 5.65 Å². The Kier molecular flexibility index (Phi) is 4.45. The van der Waals surface area contributed by atoms with Gasteiger partial charge in [-0.25, -0.2) is 9.78 Å². The van der Waals surface area contributed by atoms with E-state index in [1.54, 1.807) is 20.4 Å². The summed E-state index contributed by atoms with van der Waals surface area (Å²) in [6.07, 6.45) is 1.57. The van der Waals surface area contributed by atoms with Crippen LogP contribution in [0.5, 0.6) is 0 Å². The van der Waals surface area contributed by atoms with Gasteiger partial charge in [0.25, 0.3) is 5.56 Å². The van der Waals surface area contributed by atoms with Crippen molar-refractivity contribution in [2.45, 2.75) is 11.5 Å². The molecule has 2 aromatic heterocycles. The Morgan fingerprint density at radius 1 is 1.38 bits per heavy atom. The van der Waals surface area contributed by atoms with E-state index in [4.69, 9.17) is 10.00 Å². The minimum atomic E-state index is -0.435. The van der Waals surface area contributed by atoms with Crippen LogP contribution in [0.1, 0.15) is 5.56 Å². The molecule has 0 saturated carbocycles. The Balaban J connectivity index is 2.91. The van der Waals surface area contributed by atoms with Crippen LogP contribution in [0.25, 0.3) is 11.0 Å². The van der Waals surface area contributed by atoms with Gasteiger partial charge in [-0.1, -0.05) is 0 Å². The van der Waals surface area contributed by atoms with Crippen LogP contribution in [0.4, 0.5) is 0 Å². The fourth-order valence-electron chi connectivity index (χ4n) is 2.07. The van der Waals surface area contributed by atoms with Gasteiger partial charge in [0.2, 0.25) is 0 Å². The molecule has 0 aromatic carbocycles. The topological polar surface area (TPSA) is 89.9 Å². The van der Waals surface area contributed by atoms with Gasteiger partial charge in [-0.2, -0.15) is 5.26 Å². The Labute approximate surface area is 124 Å². The number of rotatable bonds is 4. The van der Waals surface area contributed by atoms with Crippen molar-refractivity contribution in [3.63, 3.8) is 0 Å². The molecule has 0 atom stereocenters. The van der Waals surface area contributed by atoms with Crippen molar-refractivity contribution >= 4 is 22.8 Å². The van der Waals surface area contributed by atoms with Crippen LogP contribution in [-0.2, 0) is 25.4 Å². The van der Waals surface area contributed by atoms with Gasteiger partial charge in [0.15, 0.2) is 0 Å². The Bertz CT molecular complexity index is 848. The molecule has 0 unspecified atom stereocenters. The first-order valence-electron chi connectivity index (χ1n) is 6.09. The zero-order valence-corrected chi connectivity index (χ0v) is 12.7. The molecule has 0 fully saturated rings. The highest BCUT2D eigenvalue weighted by molar-refractivity contribution is 7.99. The highest BCUT2D eigenvalue weighted by atomic mass is 32.2. The molecule has 2 aromatic rings. The van der Waals surface area contributed by atoms with Gasteiger partial charge in [0, 0.05) is 37.9 Å². The number of pyridine rings is 1. The maximum atomic E-state index is 12.4. The predicted octanol–water partition coefficient (Wildman–Crippen LogP) is 0.394. The molecular formula is C13H14N4O3S.